The van der Waals surface area contributed by atoms with Gasteiger partial charge in [0.05, 0.1) is 24.9 Å². The van der Waals surface area contributed by atoms with Crippen molar-refractivity contribution >= 4 is 45.5 Å². The molecule has 6 aromatic heterocycles. The molecule has 0 bridgehead atoms. The van der Waals surface area contributed by atoms with Crippen LogP contribution in [0.15, 0.2) is 49.4 Å². The topological polar surface area (TPSA) is 147 Å². The van der Waals surface area contributed by atoms with Gasteiger partial charge >= 0.3 is 22.5 Å². The molecule has 0 N–H and O–H groups in total. The van der Waals surface area contributed by atoms with E-state index in [1.54, 1.807) is 24.1 Å². The van der Waals surface area contributed by atoms with Crippen molar-refractivity contribution in [3.8, 4) is 11.5 Å². The summed E-state index contributed by atoms with van der Waals surface area (Å²) in [5, 5.41) is 0.0407. The van der Waals surface area contributed by atoms with Gasteiger partial charge in [0.1, 0.15) is 16.7 Å². The Kier molecular flexibility index (Phi) is 11.2. The number of rotatable bonds is 1. The van der Waals surface area contributed by atoms with Crippen molar-refractivity contribution in [2.24, 2.45) is 14.1 Å². The van der Waals surface area contributed by atoms with E-state index in [9.17, 15) is 8.78 Å². The Hall–Kier alpha value is -4.04. The fraction of sp³-hybridized carbons (Fsp3) is 0.167. The van der Waals surface area contributed by atoms with E-state index >= 15 is 0 Å². The molecular weight excluding hydrogens is 624 g/mol. The Labute approximate surface area is 247 Å². The number of pyridine rings is 2. The summed E-state index contributed by atoms with van der Waals surface area (Å²) < 4.78 is 46.1. The molecule has 213 valence electrons. The van der Waals surface area contributed by atoms with Gasteiger partial charge in [-0.3, -0.25) is 0 Å². The van der Waals surface area contributed by atoms with Gasteiger partial charge in [-0.25, -0.2) is 48.7 Å². The second-order valence-corrected chi connectivity index (χ2v) is 9.00. The van der Waals surface area contributed by atoms with Gasteiger partial charge in [-0.05, 0) is 60.3 Å². The number of fused-ring (bicyclic) bond motifs is 2. The molecule has 6 rings (SSSR count). The third-order valence-electron chi connectivity index (χ3n) is 5.05. The second kappa shape index (κ2) is 14.5. The Bertz CT molecular complexity index is 1810. The first-order valence-corrected chi connectivity index (χ1v) is 13.0. The van der Waals surface area contributed by atoms with Crippen molar-refractivity contribution in [1.82, 2.24) is 49.0 Å². The van der Waals surface area contributed by atoms with E-state index in [1.165, 1.54) is 0 Å². The van der Waals surface area contributed by atoms with Gasteiger partial charge in [-0.15, -0.1) is 0 Å². The Morgan fingerprint density at radius 3 is 1.90 bits per heavy atom. The number of hydrogen-bond donors (Lipinski definition) is 0. The predicted molar refractivity (Wildman–Crippen MR) is 141 cm³/mol. The van der Waals surface area contributed by atoms with E-state index in [-0.39, 0.29) is 16.3 Å². The van der Waals surface area contributed by atoms with Crippen LogP contribution >= 0.6 is 23.2 Å². The summed E-state index contributed by atoms with van der Waals surface area (Å²) in [7, 11) is 3.69. The van der Waals surface area contributed by atoms with E-state index in [0.717, 1.165) is 40.9 Å². The molecule has 0 unspecified atom stereocenters. The summed E-state index contributed by atoms with van der Waals surface area (Å²) in [6, 6.07) is 3.91. The number of aromatic nitrogens is 10. The van der Waals surface area contributed by atoms with Crippen LogP contribution in [0.5, 0.6) is 0 Å². The van der Waals surface area contributed by atoms with Gasteiger partial charge in [0.25, 0.3) is 0 Å². The molecule has 0 saturated heterocycles. The average molecular weight is 644 g/mol. The van der Waals surface area contributed by atoms with Crippen LogP contribution in [-0.2, 0) is 36.6 Å². The first kappa shape index (κ1) is 31.5. The van der Waals surface area contributed by atoms with E-state index in [0.29, 0.717) is 17.0 Å². The fourth-order valence-corrected chi connectivity index (χ4v) is 3.54. The summed E-state index contributed by atoms with van der Waals surface area (Å²) >= 11 is 9.49. The summed E-state index contributed by atoms with van der Waals surface area (Å²) in [6.45, 7) is 3.93. The summed E-state index contributed by atoms with van der Waals surface area (Å²) in [4.78, 5) is 31.3. The minimum atomic E-state index is -1.44. The zero-order chi connectivity index (χ0) is 30.1. The summed E-state index contributed by atoms with van der Waals surface area (Å²) in [6.07, 6.45) is 8.41. The van der Waals surface area contributed by atoms with E-state index in [4.69, 9.17) is 30.9 Å². The number of halogens is 4. The van der Waals surface area contributed by atoms with Crippen LogP contribution in [0.4, 0.5) is 8.78 Å². The second-order valence-electron chi connectivity index (χ2n) is 8.13. The zero-order valence-electron chi connectivity index (χ0n) is 21.8. The van der Waals surface area contributed by atoms with E-state index < -0.39 is 26.5 Å². The van der Waals surface area contributed by atoms with Gasteiger partial charge in [0.2, 0.25) is 10.6 Å². The number of imidazole rings is 2. The molecule has 0 amide bonds. The summed E-state index contributed by atoms with van der Waals surface area (Å²) in [5.41, 5.74) is 5.46. The maximum atomic E-state index is 13.8. The van der Waals surface area contributed by atoms with Crippen LogP contribution in [0, 0.1) is 25.5 Å². The van der Waals surface area contributed by atoms with Crippen LogP contribution in [0.2, 0.25) is 10.6 Å². The van der Waals surface area contributed by atoms with Crippen LogP contribution in [0.1, 0.15) is 11.1 Å². The molecule has 0 aromatic carbocycles. The van der Waals surface area contributed by atoms with Crippen LogP contribution in [0.3, 0.4) is 0 Å². The van der Waals surface area contributed by atoms with Crippen molar-refractivity contribution in [2.75, 3.05) is 0 Å². The minimum absolute atomic E-state index is 0.0207. The van der Waals surface area contributed by atoms with Gasteiger partial charge in [-0.1, -0.05) is 0 Å². The normalized spacial score (nSPS) is 10.1. The monoisotopic (exact) mass is 643 g/mol. The van der Waals surface area contributed by atoms with Crippen LogP contribution < -0.4 is 0 Å². The third-order valence-corrected chi connectivity index (χ3v) is 5.43. The van der Waals surface area contributed by atoms with Gasteiger partial charge in [0, 0.05) is 26.5 Å². The molecule has 6 aromatic rings. The Balaban J connectivity index is 0.000000177. The van der Waals surface area contributed by atoms with Crippen molar-refractivity contribution in [2.45, 2.75) is 13.8 Å². The molecule has 0 atom stereocenters. The van der Waals surface area contributed by atoms with Crippen molar-refractivity contribution in [3.63, 3.8) is 0 Å². The van der Waals surface area contributed by atoms with Gasteiger partial charge in [0.15, 0.2) is 28.8 Å². The van der Waals surface area contributed by atoms with E-state index in [2.05, 4.69) is 39.9 Å². The Morgan fingerprint density at radius 2 is 1.29 bits per heavy atom. The van der Waals surface area contributed by atoms with Gasteiger partial charge in [-0.2, -0.15) is 0 Å². The molecule has 17 heteroatoms. The molecule has 0 aliphatic heterocycles. The number of aryl methyl sites for hydroxylation is 4. The van der Waals surface area contributed by atoms with Gasteiger partial charge < -0.3 is 9.13 Å². The fourth-order valence-electron chi connectivity index (χ4n) is 3.30. The van der Waals surface area contributed by atoms with Crippen molar-refractivity contribution < 1.29 is 31.3 Å². The zero-order valence-corrected chi connectivity index (χ0v) is 24.5. The van der Waals surface area contributed by atoms with Crippen molar-refractivity contribution in [1.29, 1.82) is 0 Å². The first-order valence-electron chi connectivity index (χ1n) is 11.3. The average Bonchev–Trinajstić information content (AvgIpc) is 3.46. The standard InChI is InChI=1S/C12H9ClFN5.C8H9N3.C4H2ClFN2.Mn.2O/c1-6-3-8-10(15-4-6)19(2)11(17-8)9-7(14)5-16-12(13)18-9;1-6-3-7-8(9-4-6)11(2)5-10-7;5-4-7-1-3(6)2-8-4;;;/h3-5H,1-2H3;3-5H,1-2H3;1-2H;;;. The van der Waals surface area contributed by atoms with Crippen LogP contribution in [-0.4, -0.2) is 49.0 Å². The molecule has 0 aliphatic rings. The Morgan fingerprint density at radius 1 is 0.732 bits per heavy atom. The summed E-state index contributed by atoms with van der Waals surface area (Å²) in [5.74, 6) is -0.677. The molecular formula is C24H20Cl2F2MnN10O2. The van der Waals surface area contributed by atoms with Crippen molar-refractivity contribution in [3.05, 3.63) is 82.8 Å². The molecule has 12 nitrogen and oxygen atoms in total. The molecule has 41 heavy (non-hydrogen) atoms. The molecule has 0 radical (unpaired) electrons. The number of nitrogens with zero attached hydrogens (tertiary/aromatic N) is 10. The molecule has 0 spiro atoms. The quantitative estimate of drug-likeness (QED) is 0.180. The number of hydrogen-bond acceptors (Lipinski definition) is 10. The predicted octanol–water partition coefficient (Wildman–Crippen LogP) is 4.83. The molecule has 0 saturated carbocycles. The third kappa shape index (κ3) is 8.47. The van der Waals surface area contributed by atoms with Crippen LogP contribution in [0.25, 0.3) is 33.8 Å². The SMILES string of the molecule is Cc1cnc2c(c1)nc(-c1nc(Cl)ncc1F)n2C.Cc1cnc2c(c1)ncn2C.Fc1cnc(Cl)nc1.[O]=[Mn]=[O]. The maximum absolute atomic E-state index is 13.8. The first-order chi connectivity index (χ1) is 19.5. The molecule has 0 aliphatic carbocycles. The molecule has 6 heterocycles. The van der Waals surface area contributed by atoms with E-state index in [1.807, 2.05) is 43.8 Å². The molecule has 0 fully saturated rings.